The number of nitrogens with zero attached hydrogens (tertiary/aromatic N) is 5. The molecule has 0 saturated heterocycles. The number of aromatic nitrogens is 4. The second-order valence-corrected chi connectivity index (χ2v) is 16.7. The molecule has 3 heterocycles. The van der Waals surface area contributed by atoms with E-state index in [9.17, 15) is 0 Å². The van der Waals surface area contributed by atoms with Gasteiger partial charge >= 0.3 is 259 Å². The Bertz CT molecular complexity index is 2630. The molecule has 0 aliphatic carbocycles. The molecule has 0 amide bonds. The molecule has 0 bridgehead atoms. The van der Waals surface area contributed by atoms with Crippen LogP contribution in [0.1, 0.15) is 52.7 Å². The zero-order valence-electron chi connectivity index (χ0n) is 31.3. The molecule has 0 aliphatic heterocycles. The zero-order valence-corrected chi connectivity index (χ0v) is 33.5. The topological polar surface area (TPSA) is 30.9 Å². The molecule has 53 heavy (non-hydrogen) atoms. The zero-order chi connectivity index (χ0) is 37.1. The number of hydrogen-bond acceptors (Lipinski definition) is 2. The van der Waals surface area contributed by atoms with Crippen molar-refractivity contribution in [1.29, 1.82) is 0 Å². The molecule has 0 fully saturated rings. The van der Waals surface area contributed by atoms with Crippen molar-refractivity contribution < 1.29 is 19.4 Å². The third-order valence-electron chi connectivity index (χ3n) is 9.92. The number of hydrogen-bond donors (Lipinski definition) is 0. The minimum absolute atomic E-state index is 0.142. The second kappa shape index (κ2) is 13.3. The summed E-state index contributed by atoms with van der Waals surface area (Å²) in [6.07, 6.45) is 6.04. The molecule has 5 nitrogen and oxygen atoms in total. The summed E-state index contributed by atoms with van der Waals surface area (Å²) >= 11 is 2.38. The van der Waals surface area contributed by atoms with E-state index in [-0.39, 0.29) is 10.8 Å². The van der Waals surface area contributed by atoms with Gasteiger partial charge in [-0.3, -0.25) is 0 Å². The Balaban J connectivity index is 1.45. The van der Waals surface area contributed by atoms with Crippen LogP contribution in [0.2, 0.25) is 0 Å². The fourth-order valence-electron chi connectivity index (χ4n) is 7.30. The second-order valence-electron chi connectivity index (χ2n) is 15.7. The monoisotopic (exact) mass is 872 g/mol. The molecule has 268 valence electrons. The molecule has 8 rings (SSSR count). The van der Waals surface area contributed by atoms with Crippen LogP contribution in [0.3, 0.4) is 0 Å². The Kier molecular flexibility index (Phi) is 8.74. The number of anilines is 3. The van der Waals surface area contributed by atoms with Crippen molar-refractivity contribution in [3.8, 4) is 22.6 Å². The Labute approximate surface area is 323 Å². The third kappa shape index (κ3) is 6.32. The van der Waals surface area contributed by atoms with Crippen molar-refractivity contribution >= 4 is 38.9 Å². The third-order valence-corrected chi connectivity index (χ3v) is 11.3. The molecule has 3 aromatic heterocycles. The average molecular weight is 873 g/mol. The number of imidazole rings is 1. The van der Waals surface area contributed by atoms with E-state index in [1.807, 2.05) is 18.3 Å². The van der Waals surface area contributed by atoms with Crippen LogP contribution >= 0.6 is 0 Å². The van der Waals surface area contributed by atoms with Gasteiger partial charge in [0.2, 0.25) is 0 Å². The van der Waals surface area contributed by atoms with Gasteiger partial charge < -0.3 is 0 Å². The van der Waals surface area contributed by atoms with E-state index < -0.39 is 0 Å². The van der Waals surface area contributed by atoms with Crippen molar-refractivity contribution in [3.63, 3.8) is 0 Å². The first-order valence-electron chi connectivity index (χ1n) is 18.0. The van der Waals surface area contributed by atoms with Crippen LogP contribution in [0.4, 0.5) is 17.1 Å². The molecule has 0 unspecified atom stereocenters. The first-order valence-corrected chi connectivity index (χ1v) is 19.2. The van der Waals surface area contributed by atoms with Gasteiger partial charge in [-0.1, -0.05) is 42.5 Å². The summed E-state index contributed by atoms with van der Waals surface area (Å²) < 4.78 is 7.65. The molecule has 0 saturated carbocycles. The van der Waals surface area contributed by atoms with E-state index in [0.717, 1.165) is 54.2 Å². The maximum absolute atomic E-state index is 4.86. The van der Waals surface area contributed by atoms with Crippen LogP contribution in [-0.4, -0.2) is 18.7 Å². The van der Waals surface area contributed by atoms with E-state index >= 15 is 0 Å². The average Bonchev–Trinajstić information content (AvgIpc) is 3.66. The van der Waals surface area contributed by atoms with Gasteiger partial charge in [-0.05, 0) is 17.2 Å². The minimum atomic E-state index is -0.142. The molecule has 0 N–H and O–H groups in total. The fourth-order valence-corrected chi connectivity index (χ4v) is 7.91. The van der Waals surface area contributed by atoms with Crippen LogP contribution in [-0.2, 0) is 37.2 Å². The first kappa shape index (κ1) is 34.8. The van der Waals surface area contributed by atoms with Crippen LogP contribution < -0.4 is 4.90 Å². The summed E-state index contributed by atoms with van der Waals surface area (Å²) in [5.74, 6) is 0.856. The molecular weight excluding hydrogens is 830 g/mol. The van der Waals surface area contributed by atoms with Crippen molar-refractivity contribution in [2.75, 3.05) is 4.90 Å². The Morgan fingerprint density at radius 1 is 0.642 bits per heavy atom. The Morgan fingerprint density at radius 3 is 2.00 bits per heavy atom. The molecular formula is C47H43N5Pt-2. The molecule has 0 radical (unpaired) electrons. The first-order chi connectivity index (χ1) is 25.4. The summed E-state index contributed by atoms with van der Waals surface area (Å²) in [4.78, 5) is 7.24. The molecule has 8 aromatic rings. The van der Waals surface area contributed by atoms with Crippen LogP contribution in [0.5, 0.6) is 0 Å². The van der Waals surface area contributed by atoms with Gasteiger partial charge in [0.25, 0.3) is 0 Å². The van der Waals surface area contributed by atoms with Crippen LogP contribution in [0.25, 0.3) is 44.4 Å². The molecule has 0 atom stereocenters. The van der Waals surface area contributed by atoms with E-state index in [1.165, 1.54) is 22.3 Å². The molecule has 0 aliphatic rings. The number of aryl methyl sites for hydroxylation is 1. The van der Waals surface area contributed by atoms with Gasteiger partial charge in [0.1, 0.15) is 0 Å². The molecule has 5 aromatic carbocycles. The van der Waals surface area contributed by atoms with Crippen LogP contribution in [0.15, 0.2) is 134 Å². The number of para-hydroxylation sites is 1. The standard InChI is InChI=1S/C47H43N5.Pt/c1-46(2,3)40-19-14-20-41(47(4,5)6)45(40)51(36-18-13-17-35(30-36)50-28-27-49(7)32-50)37-23-24-38-39-29-34(33-15-9-8-10-16-33)22-25-42(39)52(43(38)31-37)44-21-11-12-26-48-44;/h8-29H,1-7H3;/q-2;. The van der Waals surface area contributed by atoms with Crippen molar-refractivity contribution in [2.45, 2.75) is 52.4 Å². The summed E-state index contributed by atoms with van der Waals surface area (Å²) in [6.45, 7) is 13.8. The summed E-state index contributed by atoms with van der Waals surface area (Å²) in [7, 11) is 2.07. The van der Waals surface area contributed by atoms with Crippen molar-refractivity contribution in [1.82, 2.24) is 18.7 Å². The Morgan fingerprint density at radius 2 is 1.34 bits per heavy atom. The van der Waals surface area contributed by atoms with Gasteiger partial charge in [-0.25, -0.2) is 0 Å². The van der Waals surface area contributed by atoms with E-state index in [4.69, 9.17) is 4.98 Å². The number of benzene rings is 5. The summed E-state index contributed by atoms with van der Waals surface area (Å²) in [6, 6.07) is 48.9. The van der Waals surface area contributed by atoms with Gasteiger partial charge in [0.15, 0.2) is 0 Å². The summed E-state index contributed by atoms with van der Waals surface area (Å²) in [5, 5.41) is 2.29. The van der Waals surface area contributed by atoms with E-state index in [2.05, 4.69) is 214 Å². The van der Waals surface area contributed by atoms with Crippen molar-refractivity contribution in [3.05, 3.63) is 161 Å². The quantitative estimate of drug-likeness (QED) is 0.156. The van der Waals surface area contributed by atoms with Crippen molar-refractivity contribution in [2.24, 2.45) is 7.05 Å². The van der Waals surface area contributed by atoms with Gasteiger partial charge in [-0.15, -0.1) is 0 Å². The van der Waals surface area contributed by atoms with Gasteiger partial charge in [0.05, 0.1) is 0 Å². The van der Waals surface area contributed by atoms with Gasteiger partial charge in [-0.2, -0.15) is 0 Å². The predicted octanol–water partition coefficient (Wildman–Crippen LogP) is 11.7. The summed E-state index contributed by atoms with van der Waals surface area (Å²) in [5.41, 5.74) is 10.7. The van der Waals surface area contributed by atoms with E-state index in [0.29, 0.717) is 0 Å². The molecule has 0 spiro atoms. The number of fused-ring (bicyclic) bond motifs is 3. The Hall–Kier alpha value is -5.25. The fraction of sp³-hybridized carbons (Fsp3) is 0.191. The normalized spacial score (nSPS) is 12.2. The number of rotatable bonds is 6. The van der Waals surface area contributed by atoms with E-state index in [1.54, 1.807) is 0 Å². The molecule has 6 heteroatoms. The number of pyridine rings is 1. The predicted molar refractivity (Wildman–Crippen MR) is 215 cm³/mol. The van der Waals surface area contributed by atoms with Gasteiger partial charge in [0, 0.05) is 6.20 Å². The SMILES string of the molecule is Cn1ccn(-c2[c-]c(N(c3[c-]c4c(cc3)c3cc(-c5ccccc5)ccc3n4-c3ccccn3)c3c(C(C)(C)C)cccc3C(C)(C)C)ccc2)[c]1=[Pt]. The van der Waals surface area contributed by atoms with Crippen LogP contribution in [0, 0.1) is 15.9 Å². The maximum atomic E-state index is 4.86.